The summed E-state index contributed by atoms with van der Waals surface area (Å²) in [4.78, 5) is 33.7. The van der Waals surface area contributed by atoms with Crippen molar-refractivity contribution in [2.24, 2.45) is 0 Å². The average molecular weight is 365 g/mol. The molecular formula is C16H13ClN2O6. The first kappa shape index (κ1) is 18.2. The van der Waals surface area contributed by atoms with E-state index in [1.54, 1.807) is 18.2 Å². The summed E-state index contributed by atoms with van der Waals surface area (Å²) in [6.07, 6.45) is 0. The van der Waals surface area contributed by atoms with E-state index in [9.17, 15) is 19.7 Å². The summed E-state index contributed by atoms with van der Waals surface area (Å²) >= 11 is 5.88. The molecule has 0 fully saturated rings. The minimum absolute atomic E-state index is 0.0111. The molecule has 130 valence electrons. The number of methoxy groups -OCH3 is 1. The molecule has 0 aliphatic heterocycles. The Morgan fingerprint density at radius 3 is 2.60 bits per heavy atom. The number of para-hydroxylation sites is 1. The fourth-order valence-electron chi connectivity index (χ4n) is 1.93. The van der Waals surface area contributed by atoms with Crippen molar-refractivity contribution in [1.82, 2.24) is 0 Å². The van der Waals surface area contributed by atoms with Crippen LogP contribution in [0.2, 0.25) is 5.02 Å². The number of amides is 1. The van der Waals surface area contributed by atoms with Crippen molar-refractivity contribution in [1.29, 1.82) is 0 Å². The highest BCUT2D eigenvalue weighted by Gasteiger charge is 2.15. The second kappa shape index (κ2) is 8.11. The Balaban J connectivity index is 2.02. The zero-order valence-corrected chi connectivity index (χ0v) is 13.8. The molecule has 0 aromatic heterocycles. The first-order chi connectivity index (χ1) is 11.9. The summed E-state index contributed by atoms with van der Waals surface area (Å²) in [5.74, 6) is -0.996. The number of hydrogen-bond acceptors (Lipinski definition) is 6. The molecule has 0 radical (unpaired) electrons. The van der Waals surface area contributed by atoms with Crippen LogP contribution in [-0.4, -0.2) is 30.5 Å². The van der Waals surface area contributed by atoms with Gasteiger partial charge in [0.25, 0.3) is 11.6 Å². The van der Waals surface area contributed by atoms with E-state index in [0.717, 1.165) is 6.07 Å². The first-order valence-electron chi connectivity index (χ1n) is 6.96. The minimum atomic E-state index is -0.591. The quantitative estimate of drug-likeness (QED) is 0.479. The Morgan fingerprint density at radius 2 is 1.96 bits per heavy atom. The Morgan fingerprint density at radius 1 is 1.24 bits per heavy atom. The molecule has 0 saturated carbocycles. The highest BCUT2D eigenvalue weighted by atomic mass is 35.5. The fourth-order valence-corrected chi connectivity index (χ4v) is 2.16. The van der Waals surface area contributed by atoms with E-state index in [1.165, 1.54) is 25.3 Å². The molecule has 1 N–H and O–H groups in total. The molecule has 0 aliphatic carbocycles. The number of anilines is 1. The summed E-state index contributed by atoms with van der Waals surface area (Å²) in [7, 11) is 1.24. The Bertz CT molecular complexity index is 824. The van der Waals surface area contributed by atoms with Gasteiger partial charge < -0.3 is 14.8 Å². The third-order valence-electron chi connectivity index (χ3n) is 3.09. The van der Waals surface area contributed by atoms with Gasteiger partial charge in [-0.05, 0) is 18.2 Å². The molecule has 1 amide bonds. The number of carbonyl (C=O) groups is 2. The number of carbonyl (C=O) groups excluding carboxylic acids is 2. The number of non-ortho nitro benzene ring substituents is 1. The maximum absolute atomic E-state index is 12.0. The van der Waals surface area contributed by atoms with Gasteiger partial charge in [-0.1, -0.05) is 23.7 Å². The van der Waals surface area contributed by atoms with Gasteiger partial charge in [0.15, 0.2) is 6.61 Å². The number of hydrogen-bond donors (Lipinski definition) is 1. The molecule has 2 rings (SSSR count). The molecule has 0 atom stereocenters. The zero-order chi connectivity index (χ0) is 18.4. The number of nitrogens with zero attached hydrogens (tertiary/aromatic N) is 1. The normalized spacial score (nSPS) is 10.0. The Labute approximate surface area is 147 Å². The second-order valence-electron chi connectivity index (χ2n) is 4.75. The van der Waals surface area contributed by atoms with Gasteiger partial charge in [0.05, 0.1) is 28.3 Å². The van der Waals surface area contributed by atoms with Crippen LogP contribution < -0.4 is 10.1 Å². The number of nitro groups is 1. The zero-order valence-electron chi connectivity index (χ0n) is 13.0. The van der Waals surface area contributed by atoms with Gasteiger partial charge >= 0.3 is 5.97 Å². The van der Waals surface area contributed by atoms with Crippen molar-refractivity contribution < 1.29 is 24.0 Å². The van der Waals surface area contributed by atoms with Crippen LogP contribution in [0.1, 0.15) is 10.4 Å². The van der Waals surface area contributed by atoms with Crippen LogP contribution in [0.25, 0.3) is 0 Å². The Hall–Kier alpha value is -3.13. The van der Waals surface area contributed by atoms with Crippen LogP contribution in [0.3, 0.4) is 0 Å². The summed E-state index contributed by atoms with van der Waals surface area (Å²) in [6, 6.07) is 9.98. The van der Waals surface area contributed by atoms with Crippen LogP contribution in [0.15, 0.2) is 42.5 Å². The van der Waals surface area contributed by atoms with Gasteiger partial charge in [0.2, 0.25) is 0 Å². The number of nitrogens with one attached hydrogen (secondary N) is 1. The van der Waals surface area contributed by atoms with E-state index in [0.29, 0.717) is 0 Å². The number of ether oxygens (including phenoxy) is 2. The van der Waals surface area contributed by atoms with Crippen molar-refractivity contribution in [3.8, 4) is 5.75 Å². The second-order valence-corrected chi connectivity index (χ2v) is 5.15. The maximum atomic E-state index is 12.0. The molecule has 0 saturated heterocycles. The van der Waals surface area contributed by atoms with Gasteiger partial charge in [0.1, 0.15) is 5.75 Å². The van der Waals surface area contributed by atoms with Gasteiger partial charge in [-0.2, -0.15) is 0 Å². The molecule has 0 unspecified atom stereocenters. The Kier molecular flexibility index (Phi) is 5.91. The van der Waals surface area contributed by atoms with E-state index in [1.807, 2.05) is 0 Å². The van der Waals surface area contributed by atoms with Crippen molar-refractivity contribution in [2.75, 3.05) is 19.0 Å². The summed E-state index contributed by atoms with van der Waals surface area (Å²) in [6.45, 7) is -0.396. The van der Waals surface area contributed by atoms with Gasteiger partial charge in [-0.3, -0.25) is 14.9 Å². The molecule has 9 heteroatoms. The predicted molar refractivity (Wildman–Crippen MR) is 90.0 cm³/mol. The first-order valence-corrected chi connectivity index (χ1v) is 7.34. The van der Waals surface area contributed by atoms with Crippen LogP contribution in [0.4, 0.5) is 11.4 Å². The van der Waals surface area contributed by atoms with E-state index in [4.69, 9.17) is 16.3 Å². The largest absolute Gasteiger partial charge is 0.482 e. The third-order valence-corrected chi connectivity index (χ3v) is 3.39. The smallest absolute Gasteiger partial charge is 0.339 e. The molecule has 25 heavy (non-hydrogen) atoms. The topological polar surface area (TPSA) is 108 Å². The number of nitro benzene ring substituents is 1. The molecular weight excluding hydrogens is 352 g/mol. The lowest BCUT2D eigenvalue weighted by Gasteiger charge is -2.11. The fraction of sp³-hybridized carbons (Fsp3) is 0.125. The lowest BCUT2D eigenvalue weighted by molar-refractivity contribution is -0.384. The lowest BCUT2D eigenvalue weighted by atomic mass is 10.2. The monoisotopic (exact) mass is 364 g/mol. The third kappa shape index (κ3) is 4.67. The van der Waals surface area contributed by atoms with Crippen LogP contribution in [-0.2, 0) is 9.53 Å². The molecule has 2 aromatic carbocycles. The molecule has 0 aliphatic rings. The van der Waals surface area contributed by atoms with Crippen molar-refractivity contribution in [3.05, 3.63) is 63.2 Å². The summed E-state index contributed by atoms with van der Waals surface area (Å²) < 4.78 is 9.89. The predicted octanol–water partition coefficient (Wildman–Crippen LogP) is 3.05. The molecule has 0 heterocycles. The van der Waals surface area contributed by atoms with Crippen molar-refractivity contribution >= 4 is 34.9 Å². The van der Waals surface area contributed by atoms with E-state index in [2.05, 4.69) is 10.1 Å². The molecule has 0 bridgehead atoms. The van der Waals surface area contributed by atoms with Crippen LogP contribution >= 0.6 is 11.6 Å². The summed E-state index contributed by atoms with van der Waals surface area (Å²) in [5.41, 5.74) is 0.290. The molecule has 0 spiro atoms. The SMILES string of the molecule is COC(=O)c1ccccc1NC(=O)COc1ccc([N+](=O)[O-])cc1Cl. The molecule has 8 nitrogen and oxygen atoms in total. The number of halogens is 1. The van der Waals surface area contributed by atoms with E-state index < -0.39 is 23.4 Å². The lowest BCUT2D eigenvalue weighted by Crippen LogP contribution is -2.21. The van der Waals surface area contributed by atoms with E-state index in [-0.39, 0.29) is 27.7 Å². The van der Waals surface area contributed by atoms with Crippen molar-refractivity contribution in [3.63, 3.8) is 0 Å². The van der Waals surface area contributed by atoms with Gasteiger partial charge in [-0.25, -0.2) is 4.79 Å². The highest BCUT2D eigenvalue weighted by molar-refractivity contribution is 6.32. The van der Waals surface area contributed by atoms with E-state index >= 15 is 0 Å². The summed E-state index contributed by atoms with van der Waals surface area (Å²) in [5, 5.41) is 13.2. The maximum Gasteiger partial charge on any atom is 0.339 e. The number of esters is 1. The highest BCUT2D eigenvalue weighted by Crippen LogP contribution is 2.28. The average Bonchev–Trinajstić information content (AvgIpc) is 2.60. The minimum Gasteiger partial charge on any atom is -0.482 e. The van der Waals surface area contributed by atoms with Gasteiger partial charge in [-0.15, -0.1) is 0 Å². The van der Waals surface area contributed by atoms with Crippen molar-refractivity contribution in [2.45, 2.75) is 0 Å². The standard InChI is InChI=1S/C16H13ClN2O6/c1-24-16(21)11-4-2-3-5-13(11)18-15(20)9-25-14-7-6-10(19(22)23)8-12(14)17/h2-8H,9H2,1H3,(H,18,20). The van der Waals surface area contributed by atoms with Crippen LogP contribution in [0, 0.1) is 10.1 Å². The van der Waals surface area contributed by atoms with Crippen LogP contribution in [0.5, 0.6) is 5.75 Å². The number of rotatable bonds is 6. The van der Waals surface area contributed by atoms with Gasteiger partial charge in [0, 0.05) is 12.1 Å². The molecule has 2 aromatic rings. The number of benzene rings is 2.